The molecular formula is C19H25N3O3. The molecule has 0 atom stereocenters. The molecule has 0 saturated carbocycles. The molecule has 1 aliphatic heterocycles. The van der Waals surface area contributed by atoms with Gasteiger partial charge in [0, 0.05) is 31.5 Å². The largest absolute Gasteiger partial charge is 0.504 e. The van der Waals surface area contributed by atoms with Crippen LogP contribution in [-0.2, 0) is 24.9 Å². The van der Waals surface area contributed by atoms with Gasteiger partial charge in [-0.15, -0.1) is 0 Å². The van der Waals surface area contributed by atoms with Crippen LogP contribution >= 0.6 is 0 Å². The highest BCUT2D eigenvalue weighted by molar-refractivity contribution is 5.41. The number of ether oxygens (including phenoxy) is 1. The van der Waals surface area contributed by atoms with Crippen LogP contribution in [0.1, 0.15) is 43.4 Å². The molecule has 0 bridgehead atoms. The van der Waals surface area contributed by atoms with E-state index in [4.69, 9.17) is 4.74 Å². The molecule has 25 heavy (non-hydrogen) atoms. The number of phenols is 1. The minimum Gasteiger partial charge on any atom is -0.504 e. The van der Waals surface area contributed by atoms with Crippen LogP contribution in [0.3, 0.4) is 0 Å². The molecule has 6 heteroatoms. The van der Waals surface area contributed by atoms with Crippen LogP contribution in [0.4, 0.5) is 0 Å². The van der Waals surface area contributed by atoms with Gasteiger partial charge in [-0.25, -0.2) is 4.98 Å². The average molecular weight is 343 g/mol. The van der Waals surface area contributed by atoms with Crippen molar-refractivity contribution in [3.05, 3.63) is 51.2 Å². The first-order valence-electron chi connectivity index (χ1n) is 8.48. The van der Waals surface area contributed by atoms with Gasteiger partial charge in [0.05, 0.1) is 18.4 Å². The summed E-state index contributed by atoms with van der Waals surface area (Å²) in [7, 11) is 1.53. The van der Waals surface area contributed by atoms with Crippen molar-refractivity contribution in [2.75, 3.05) is 13.7 Å². The van der Waals surface area contributed by atoms with Crippen LogP contribution in [0.2, 0.25) is 0 Å². The molecule has 2 N–H and O–H groups in total. The molecule has 1 aliphatic rings. The Morgan fingerprint density at radius 2 is 2.12 bits per heavy atom. The summed E-state index contributed by atoms with van der Waals surface area (Å²) in [6.07, 6.45) is 0.754. The second-order valence-corrected chi connectivity index (χ2v) is 7.56. The van der Waals surface area contributed by atoms with E-state index in [1.54, 1.807) is 12.1 Å². The Labute approximate surface area is 147 Å². The molecule has 1 aromatic carbocycles. The number of nitrogens with zero attached hydrogens (tertiary/aromatic N) is 2. The predicted octanol–water partition coefficient (Wildman–Crippen LogP) is 2.34. The highest BCUT2D eigenvalue weighted by Crippen LogP contribution is 2.27. The first kappa shape index (κ1) is 17.5. The number of phenolic OH excluding ortho intramolecular Hbond substituents is 1. The second-order valence-electron chi connectivity index (χ2n) is 7.56. The summed E-state index contributed by atoms with van der Waals surface area (Å²) < 4.78 is 5.07. The van der Waals surface area contributed by atoms with Crippen molar-refractivity contribution in [2.45, 2.75) is 45.7 Å². The molecule has 3 rings (SSSR count). The number of hydrogen-bond donors (Lipinski definition) is 2. The van der Waals surface area contributed by atoms with Gasteiger partial charge in [-0.05, 0) is 17.7 Å². The van der Waals surface area contributed by atoms with Crippen LogP contribution < -0.4 is 10.3 Å². The van der Waals surface area contributed by atoms with Gasteiger partial charge in [-0.2, -0.15) is 0 Å². The predicted molar refractivity (Wildman–Crippen MR) is 96.0 cm³/mol. The van der Waals surface area contributed by atoms with Gasteiger partial charge in [0.15, 0.2) is 11.5 Å². The fraction of sp³-hybridized carbons (Fsp3) is 0.474. The smallest absolute Gasteiger partial charge is 0.255 e. The van der Waals surface area contributed by atoms with E-state index >= 15 is 0 Å². The number of rotatable bonds is 3. The molecule has 0 fully saturated rings. The standard InChI is InChI=1S/C19H25N3O3/c1-19(2,3)18-20-14-7-8-22(11-13(14)17(24)21-18)10-12-5-6-16(25-4)15(23)9-12/h5-6,9,23H,7-8,10-11H2,1-4H3,(H,20,21,24). The maximum atomic E-state index is 12.5. The molecule has 0 aliphatic carbocycles. The Morgan fingerprint density at radius 3 is 2.76 bits per heavy atom. The van der Waals surface area contributed by atoms with Gasteiger partial charge in [-0.3, -0.25) is 9.69 Å². The summed E-state index contributed by atoms with van der Waals surface area (Å²) >= 11 is 0. The van der Waals surface area contributed by atoms with Gasteiger partial charge in [0.25, 0.3) is 5.56 Å². The number of benzene rings is 1. The molecule has 0 saturated heterocycles. The highest BCUT2D eigenvalue weighted by atomic mass is 16.5. The third kappa shape index (κ3) is 3.69. The van der Waals surface area contributed by atoms with Crippen LogP contribution in [0.15, 0.2) is 23.0 Å². The van der Waals surface area contributed by atoms with E-state index in [1.165, 1.54) is 7.11 Å². The normalized spacial score (nSPS) is 15.0. The first-order chi connectivity index (χ1) is 11.8. The summed E-state index contributed by atoms with van der Waals surface area (Å²) in [5, 5.41) is 9.92. The molecule has 0 spiro atoms. The quantitative estimate of drug-likeness (QED) is 0.894. The van der Waals surface area contributed by atoms with Crippen molar-refractivity contribution >= 4 is 0 Å². The maximum absolute atomic E-state index is 12.5. The molecule has 2 heterocycles. The van der Waals surface area contributed by atoms with Crippen molar-refractivity contribution in [1.82, 2.24) is 14.9 Å². The summed E-state index contributed by atoms with van der Waals surface area (Å²) in [5.74, 6) is 1.33. The van der Waals surface area contributed by atoms with Crippen LogP contribution in [0.5, 0.6) is 11.5 Å². The van der Waals surface area contributed by atoms with Crippen molar-refractivity contribution in [3.8, 4) is 11.5 Å². The van der Waals surface area contributed by atoms with Gasteiger partial charge >= 0.3 is 0 Å². The van der Waals surface area contributed by atoms with Crippen molar-refractivity contribution < 1.29 is 9.84 Å². The lowest BCUT2D eigenvalue weighted by Gasteiger charge is -2.29. The monoisotopic (exact) mass is 343 g/mol. The third-order valence-corrected chi connectivity index (χ3v) is 4.51. The van der Waals surface area contributed by atoms with Crippen LogP contribution in [0.25, 0.3) is 0 Å². The lowest BCUT2D eigenvalue weighted by Crippen LogP contribution is -2.37. The zero-order chi connectivity index (χ0) is 18.2. The van der Waals surface area contributed by atoms with Crippen LogP contribution in [-0.4, -0.2) is 33.6 Å². The molecule has 134 valence electrons. The van der Waals surface area contributed by atoms with E-state index < -0.39 is 0 Å². The van der Waals surface area contributed by atoms with E-state index in [2.05, 4.69) is 14.9 Å². The number of methoxy groups -OCH3 is 1. The van der Waals surface area contributed by atoms with E-state index in [0.29, 0.717) is 18.8 Å². The Kier molecular flexibility index (Phi) is 4.56. The number of aromatic hydroxyl groups is 1. The number of aromatic nitrogens is 2. The molecule has 0 unspecified atom stereocenters. The minimum absolute atomic E-state index is 0.0443. The molecule has 0 amide bonds. The summed E-state index contributed by atoms with van der Waals surface area (Å²) in [6, 6.07) is 5.39. The fourth-order valence-corrected chi connectivity index (χ4v) is 3.06. The Morgan fingerprint density at radius 1 is 1.36 bits per heavy atom. The molecule has 1 aromatic heterocycles. The first-order valence-corrected chi connectivity index (χ1v) is 8.48. The van der Waals surface area contributed by atoms with Crippen LogP contribution in [0, 0.1) is 0 Å². The van der Waals surface area contributed by atoms with Crippen molar-refractivity contribution in [1.29, 1.82) is 0 Å². The number of nitrogens with one attached hydrogen (secondary N) is 1. The Hall–Kier alpha value is -2.34. The summed E-state index contributed by atoms with van der Waals surface area (Å²) in [4.78, 5) is 22.3. The van der Waals surface area contributed by atoms with Gasteiger partial charge in [-0.1, -0.05) is 26.8 Å². The number of hydrogen-bond acceptors (Lipinski definition) is 5. The zero-order valence-corrected chi connectivity index (χ0v) is 15.2. The van der Waals surface area contributed by atoms with Gasteiger partial charge in [0.2, 0.25) is 0 Å². The number of aromatic amines is 1. The Bertz CT molecular complexity index is 837. The molecule has 0 radical (unpaired) electrons. The average Bonchev–Trinajstić information content (AvgIpc) is 2.54. The summed E-state index contributed by atoms with van der Waals surface area (Å²) in [5.41, 5.74) is 2.42. The zero-order valence-electron chi connectivity index (χ0n) is 15.2. The number of H-pyrrole nitrogens is 1. The molecular weight excluding hydrogens is 318 g/mol. The topological polar surface area (TPSA) is 78.5 Å². The van der Waals surface area contributed by atoms with E-state index in [0.717, 1.165) is 35.6 Å². The second kappa shape index (κ2) is 6.52. The Balaban J connectivity index is 1.80. The highest BCUT2D eigenvalue weighted by Gasteiger charge is 2.24. The van der Waals surface area contributed by atoms with Gasteiger partial charge in [0.1, 0.15) is 5.82 Å². The van der Waals surface area contributed by atoms with E-state index in [9.17, 15) is 9.90 Å². The van der Waals surface area contributed by atoms with E-state index in [1.807, 2.05) is 26.8 Å². The molecule has 6 nitrogen and oxygen atoms in total. The lowest BCUT2D eigenvalue weighted by atomic mass is 9.95. The summed E-state index contributed by atoms with van der Waals surface area (Å²) in [6.45, 7) is 8.20. The van der Waals surface area contributed by atoms with Crippen molar-refractivity contribution in [2.24, 2.45) is 0 Å². The van der Waals surface area contributed by atoms with E-state index in [-0.39, 0.29) is 16.7 Å². The maximum Gasteiger partial charge on any atom is 0.255 e. The fourth-order valence-electron chi connectivity index (χ4n) is 3.06. The van der Waals surface area contributed by atoms with Gasteiger partial charge < -0.3 is 14.8 Å². The third-order valence-electron chi connectivity index (χ3n) is 4.51. The molecule has 2 aromatic rings. The lowest BCUT2D eigenvalue weighted by molar-refractivity contribution is 0.240. The van der Waals surface area contributed by atoms with Crippen molar-refractivity contribution in [3.63, 3.8) is 0 Å². The minimum atomic E-state index is -0.175. The SMILES string of the molecule is COc1ccc(CN2CCc3nc(C(C)(C)C)[nH]c(=O)c3C2)cc1O. The number of fused-ring (bicyclic) bond motifs is 1.